The fraction of sp³-hybridized carbons (Fsp3) is 0.125. The molecule has 1 aliphatic rings. The van der Waals surface area contributed by atoms with Gasteiger partial charge in [0.05, 0.1) is 12.2 Å². The Bertz CT molecular complexity index is 830. The van der Waals surface area contributed by atoms with Crippen molar-refractivity contribution in [2.24, 2.45) is 0 Å². The highest BCUT2D eigenvalue weighted by Gasteiger charge is 2.24. The van der Waals surface area contributed by atoms with Crippen LogP contribution >= 0.6 is 15.9 Å². The van der Waals surface area contributed by atoms with Gasteiger partial charge in [0.15, 0.2) is 6.10 Å². The zero-order chi connectivity index (χ0) is 14.4. The topological polar surface area (TPSA) is 34.4 Å². The van der Waals surface area contributed by atoms with Crippen molar-refractivity contribution in [1.29, 1.82) is 0 Å². The van der Waals surface area contributed by atoms with Crippen LogP contribution in [0.1, 0.15) is 11.9 Å². The lowest BCUT2D eigenvalue weighted by Gasteiger charge is -2.25. The zero-order valence-electron chi connectivity index (χ0n) is 10.9. The van der Waals surface area contributed by atoms with Gasteiger partial charge in [-0.25, -0.2) is 4.39 Å². The third-order valence-electron chi connectivity index (χ3n) is 3.51. The van der Waals surface area contributed by atoms with Gasteiger partial charge in [-0.3, -0.25) is 0 Å². The Morgan fingerprint density at radius 2 is 2.05 bits per heavy atom. The Morgan fingerprint density at radius 3 is 2.95 bits per heavy atom. The number of ether oxygens (including phenoxy) is 1. The number of furan rings is 1. The third-order valence-corrected chi connectivity index (χ3v) is 4.00. The van der Waals surface area contributed by atoms with Crippen molar-refractivity contribution in [3.05, 3.63) is 58.5 Å². The lowest BCUT2D eigenvalue weighted by atomic mass is 10.2. The van der Waals surface area contributed by atoms with E-state index in [2.05, 4.69) is 21.2 Å². The van der Waals surface area contributed by atoms with Gasteiger partial charge >= 0.3 is 0 Å². The van der Waals surface area contributed by atoms with Gasteiger partial charge in [-0.05, 0) is 36.4 Å². The molecule has 0 spiro atoms. The largest absolute Gasteiger partial charge is 0.478 e. The van der Waals surface area contributed by atoms with Gasteiger partial charge in [0, 0.05) is 15.9 Å². The van der Waals surface area contributed by atoms with E-state index in [-0.39, 0.29) is 11.9 Å². The van der Waals surface area contributed by atoms with Crippen LogP contribution in [0, 0.1) is 5.82 Å². The molecule has 0 bridgehead atoms. The molecule has 0 radical (unpaired) electrons. The van der Waals surface area contributed by atoms with Crippen LogP contribution in [-0.4, -0.2) is 6.54 Å². The van der Waals surface area contributed by atoms with Crippen LogP contribution in [0.15, 0.2) is 51.4 Å². The van der Waals surface area contributed by atoms with Crippen LogP contribution < -0.4 is 10.1 Å². The standard InChI is InChI=1S/C16H11BrFNO2/c17-10-1-4-13-9(5-10)6-15(20-13)16-8-19-12-3-2-11(18)7-14(12)21-16/h1-7,16,19H,8H2. The summed E-state index contributed by atoms with van der Waals surface area (Å²) in [5, 5.41) is 4.24. The number of nitrogens with one attached hydrogen (secondary N) is 1. The molecule has 0 saturated carbocycles. The first-order valence-corrected chi connectivity index (χ1v) is 7.37. The Labute approximate surface area is 128 Å². The van der Waals surface area contributed by atoms with E-state index >= 15 is 0 Å². The summed E-state index contributed by atoms with van der Waals surface area (Å²) in [5.41, 5.74) is 1.60. The van der Waals surface area contributed by atoms with Crippen molar-refractivity contribution in [2.75, 3.05) is 11.9 Å². The van der Waals surface area contributed by atoms with Crippen LogP contribution in [-0.2, 0) is 0 Å². The Kier molecular flexibility index (Phi) is 2.89. The quantitative estimate of drug-likeness (QED) is 0.681. The van der Waals surface area contributed by atoms with Crippen LogP contribution in [0.5, 0.6) is 5.75 Å². The third kappa shape index (κ3) is 2.27. The molecule has 3 nitrogen and oxygen atoms in total. The van der Waals surface area contributed by atoms with E-state index in [0.717, 1.165) is 26.9 Å². The molecule has 1 aliphatic heterocycles. The molecule has 1 aromatic heterocycles. The maximum atomic E-state index is 13.3. The average Bonchev–Trinajstić information content (AvgIpc) is 2.89. The molecule has 1 unspecified atom stereocenters. The van der Waals surface area contributed by atoms with E-state index in [1.54, 1.807) is 6.07 Å². The average molecular weight is 348 g/mol. The summed E-state index contributed by atoms with van der Waals surface area (Å²) < 4.78 is 26.0. The maximum absolute atomic E-state index is 13.3. The van der Waals surface area contributed by atoms with E-state index in [4.69, 9.17) is 9.15 Å². The first kappa shape index (κ1) is 12.7. The smallest absolute Gasteiger partial charge is 0.173 e. The number of fused-ring (bicyclic) bond motifs is 2. The minimum Gasteiger partial charge on any atom is -0.478 e. The lowest BCUT2D eigenvalue weighted by molar-refractivity contribution is 0.183. The van der Waals surface area contributed by atoms with Crippen LogP contribution in [0.3, 0.4) is 0 Å². The highest BCUT2D eigenvalue weighted by atomic mass is 79.9. The summed E-state index contributed by atoms with van der Waals surface area (Å²) in [4.78, 5) is 0. The number of rotatable bonds is 1. The molecule has 21 heavy (non-hydrogen) atoms. The SMILES string of the molecule is Fc1ccc2c(c1)OC(c1cc3cc(Br)ccc3o1)CN2. The minimum absolute atomic E-state index is 0.273. The summed E-state index contributed by atoms with van der Waals surface area (Å²) in [5.74, 6) is 0.920. The molecular weight excluding hydrogens is 337 g/mol. The van der Waals surface area contributed by atoms with E-state index in [0.29, 0.717) is 12.3 Å². The van der Waals surface area contributed by atoms with Gasteiger partial charge in [-0.15, -0.1) is 0 Å². The number of hydrogen-bond donors (Lipinski definition) is 1. The summed E-state index contributed by atoms with van der Waals surface area (Å²) >= 11 is 3.44. The Balaban J connectivity index is 1.70. The zero-order valence-corrected chi connectivity index (χ0v) is 12.5. The number of benzene rings is 2. The normalized spacial score (nSPS) is 17.1. The minimum atomic E-state index is -0.315. The van der Waals surface area contributed by atoms with Crippen LogP contribution in [0.2, 0.25) is 0 Å². The molecule has 4 rings (SSSR count). The van der Waals surface area contributed by atoms with Crippen molar-refractivity contribution >= 4 is 32.6 Å². The molecule has 0 aliphatic carbocycles. The fourth-order valence-corrected chi connectivity index (χ4v) is 2.87. The van der Waals surface area contributed by atoms with Gasteiger partial charge in [-0.1, -0.05) is 15.9 Å². The number of halogens is 2. The highest BCUT2D eigenvalue weighted by molar-refractivity contribution is 9.10. The summed E-state index contributed by atoms with van der Waals surface area (Å²) in [7, 11) is 0. The Hall–Kier alpha value is -2.01. The molecule has 0 fully saturated rings. The maximum Gasteiger partial charge on any atom is 0.173 e. The van der Waals surface area contributed by atoms with Crippen molar-refractivity contribution in [2.45, 2.75) is 6.10 Å². The first-order valence-electron chi connectivity index (χ1n) is 6.58. The molecule has 106 valence electrons. The second-order valence-corrected chi connectivity index (χ2v) is 5.87. The molecule has 5 heteroatoms. The molecule has 2 aromatic carbocycles. The van der Waals surface area contributed by atoms with Crippen LogP contribution in [0.4, 0.5) is 10.1 Å². The number of hydrogen-bond acceptors (Lipinski definition) is 3. The molecule has 1 atom stereocenters. The second-order valence-electron chi connectivity index (χ2n) is 4.96. The highest BCUT2D eigenvalue weighted by Crippen LogP contribution is 2.36. The van der Waals surface area contributed by atoms with Crippen molar-refractivity contribution < 1.29 is 13.5 Å². The van der Waals surface area contributed by atoms with Crippen molar-refractivity contribution in [1.82, 2.24) is 0 Å². The number of anilines is 1. The molecule has 3 aromatic rings. The molecule has 0 amide bonds. The van der Waals surface area contributed by atoms with E-state index in [1.807, 2.05) is 24.3 Å². The lowest BCUT2D eigenvalue weighted by Crippen LogP contribution is -2.23. The first-order chi connectivity index (χ1) is 10.2. The summed E-state index contributed by atoms with van der Waals surface area (Å²) in [6, 6.07) is 12.3. The van der Waals surface area contributed by atoms with E-state index in [1.165, 1.54) is 12.1 Å². The van der Waals surface area contributed by atoms with Gasteiger partial charge in [0.25, 0.3) is 0 Å². The summed E-state index contributed by atoms with van der Waals surface area (Å²) in [6.07, 6.45) is -0.273. The van der Waals surface area contributed by atoms with E-state index < -0.39 is 0 Å². The van der Waals surface area contributed by atoms with Gasteiger partial charge in [-0.2, -0.15) is 0 Å². The van der Waals surface area contributed by atoms with E-state index in [9.17, 15) is 4.39 Å². The molecule has 0 saturated heterocycles. The fourth-order valence-electron chi connectivity index (χ4n) is 2.49. The second kappa shape index (κ2) is 4.77. The predicted molar refractivity (Wildman–Crippen MR) is 82.2 cm³/mol. The molecular formula is C16H11BrFNO2. The monoisotopic (exact) mass is 347 g/mol. The molecule has 2 heterocycles. The molecule has 1 N–H and O–H groups in total. The summed E-state index contributed by atoms with van der Waals surface area (Å²) in [6.45, 7) is 0.583. The predicted octanol–water partition coefficient (Wildman–Crippen LogP) is 4.88. The van der Waals surface area contributed by atoms with Gasteiger partial charge in [0.1, 0.15) is 22.9 Å². The Morgan fingerprint density at radius 1 is 1.14 bits per heavy atom. The van der Waals surface area contributed by atoms with Crippen LogP contribution in [0.25, 0.3) is 11.0 Å². The van der Waals surface area contributed by atoms with Crippen molar-refractivity contribution in [3.8, 4) is 5.75 Å². The van der Waals surface area contributed by atoms with Crippen molar-refractivity contribution in [3.63, 3.8) is 0 Å². The van der Waals surface area contributed by atoms with Gasteiger partial charge < -0.3 is 14.5 Å². The van der Waals surface area contributed by atoms with Gasteiger partial charge in [0.2, 0.25) is 0 Å².